The molecule has 5 N–H and O–H groups in total. The number of hydrazine groups is 1. The lowest BCUT2D eigenvalue weighted by molar-refractivity contribution is -0.139. The van der Waals surface area contributed by atoms with Crippen LogP contribution in [-0.4, -0.2) is 17.6 Å². The number of carbonyl (C=O) groups excluding carboxylic acids is 1. The zero-order chi connectivity index (χ0) is 19.7. The van der Waals surface area contributed by atoms with Gasteiger partial charge in [0.2, 0.25) is 0 Å². The van der Waals surface area contributed by atoms with Gasteiger partial charge in [0.05, 0.1) is 22.3 Å². The summed E-state index contributed by atoms with van der Waals surface area (Å²) >= 11 is 14.4. The van der Waals surface area contributed by atoms with Crippen LogP contribution in [0.4, 0.5) is 0 Å². The van der Waals surface area contributed by atoms with Crippen LogP contribution in [0.15, 0.2) is 38.6 Å². The number of hydrogen-bond donors (Lipinski definition) is 3. The highest BCUT2D eigenvalue weighted by atomic mass is 35.5. The number of esters is 1. The van der Waals surface area contributed by atoms with Gasteiger partial charge in [0.1, 0.15) is 5.03 Å². The van der Waals surface area contributed by atoms with E-state index in [2.05, 4.69) is 10.4 Å². The van der Waals surface area contributed by atoms with E-state index in [4.69, 9.17) is 39.5 Å². The van der Waals surface area contributed by atoms with E-state index in [-0.39, 0.29) is 17.3 Å². The van der Waals surface area contributed by atoms with Crippen LogP contribution in [-0.2, 0) is 9.53 Å². The van der Waals surface area contributed by atoms with Crippen LogP contribution in [0.5, 0.6) is 0 Å². The first-order valence-electron chi connectivity index (χ1n) is 7.68. The number of carbonyl (C=O) groups is 1. The average Bonchev–Trinajstić information content (AvgIpc) is 3.08. The van der Waals surface area contributed by atoms with Crippen molar-refractivity contribution in [1.29, 1.82) is 0 Å². The van der Waals surface area contributed by atoms with Crippen molar-refractivity contribution >= 4 is 52.3 Å². The van der Waals surface area contributed by atoms with Crippen molar-refractivity contribution < 1.29 is 9.53 Å². The minimum Gasteiger partial charge on any atom is -0.461 e. The second kappa shape index (κ2) is 11.3. The van der Waals surface area contributed by atoms with Crippen molar-refractivity contribution in [2.24, 2.45) is 11.6 Å². The summed E-state index contributed by atoms with van der Waals surface area (Å²) in [5.74, 6) is 4.72. The fourth-order valence-corrected chi connectivity index (χ4v) is 3.70. The third kappa shape index (κ3) is 6.07. The van der Waals surface area contributed by atoms with Gasteiger partial charge in [-0.05, 0) is 30.8 Å². The smallest absolute Gasteiger partial charge is 0.358 e. The first-order valence-corrected chi connectivity index (χ1v) is 10.1. The highest BCUT2D eigenvalue weighted by molar-refractivity contribution is 8.04. The fourth-order valence-electron chi connectivity index (χ4n) is 1.67. The zero-order valence-electron chi connectivity index (χ0n) is 14.5. The summed E-state index contributed by atoms with van der Waals surface area (Å²) in [4.78, 5) is 16.2. The number of nitrogens with one attached hydrogen (secondary N) is 1. The van der Waals surface area contributed by atoms with Crippen LogP contribution in [0.3, 0.4) is 0 Å². The van der Waals surface area contributed by atoms with Crippen LogP contribution in [0.1, 0.15) is 20.8 Å². The van der Waals surface area contributed by atoms with E-state index in [0.717, 1.165) is 23.0 Å². The summed E-state index contributed by atoms with van der Waals surface area (Å²) in [5.41, 5.74) is 9.73. The highest BCUT2D eigenvalue weighted by Crippen LogP contribution is 2.33. The van der Waals surface area contributed by atoms with E-state index >= 15 is 0 Å². The summed E-state index contributed by atoms with van der Waals surface area (Å²) in [6.45, 7) is 5.92. The maximum atomic E-state index is 11.7. The van der Waals surface area contributed by atoms with Gasteiger partial charge < -0.3 is 15.9 Å². The number of aromatic nitrogens is 1. The minimum absolute atomic E-state index is 0.00635. The molecule has 0 saturated heterocycles. The number of hydrogen-bond acceptors (Lipinski definition) is 8. The molecule has 0 aliphatic carbocycles. The molecule has 0 atom stereocenters. The van der Waals surface area contributed by atoms with Crippen molar-refractivity contribution in [1.82, 2.24) is 10.4 Å². The molecule has 0 saturated carbocycles. The van der Waals surface area contributed by atoms with E-state index in [0.29, 0.717) is 14.4 Å². The van der Waals surface area contributed by atoms with E-state index < -0.39 is 5.97 Å². The lowest BCUT2D eigenvalue weighted by Gasteiger charge is -2.08. The zero-order valence-corrected chi connectivity index (χ0v) is 17.7. The molecule has 0 amide bonds. The molecule has 0 unspecified atom stereocenters. The third-order valence-corrected chi connectivity index (χ3v) is 5.37. The number of nitrogens with two attached hydrogens (primary N) is 2. The molecule has 6 nitrogen and oxygen atoms in total. The molecule has 2 aromatic rings. The number of nitrogens with zero attached hydrogens (tertiary/aromatic N) is 1. The highest BCUT2D eigenvalue weighted by Gasteiger charge is 2.16. The van der Waals surface area contributed by atoms with Gasteiger partial charge in [-0.25, -0.2) is 9.78 Å². The molecular weight excluding hydrogens is 415 g/mol. The molecule has 0 aliphatic rings. The summed E-state index contributed by atoms with van der Waals surface area (Å²) in [7, 11) is 0. The van der Waals surface area contributed by atoms with Gasteiger partial charge in [0.25, 0.3) is 0 Å². The van der Waals surface area contributed by atoms with Crippen LogP contribution >= 0.6 is 46.3 Å². The van der Waals surface area contributed by atoms with Gasteiger partial charge in [0, 0.05) is 10.9 Å². The largest absolute Gasteiger partial charge is 0.461 e. The minimum atomic E-state index is -0.619. The first-order chi connectivity index (χ1) is 12.5. The predicted molar refractivity (Wildman–Crippen MR) is 110 cm³/mol. The molecule has 0 aliphatic heterocycles. The Balaban J connectivity index is 0.00000163. The predicted octanol–water partition coefficient (Wildman–Crippen LogP) is 4.39. The number of benzene rings is 1. The van der Waals surface area contributed by atoms with Gasteiger partial charge >= 0.3 is 5.97 Å². The molecule has 10 heteroatoms. The Morgan fingerprint density at radius 3 is 2.62 bits per heavy atom. The summed E-state index contributed by atoms with van der Waals surface area (Å²) in [6, 6.07) is 5.26. The number of thiazole rings is 1. The normalized spacial score (nSPS) is 11.2. The topological polar surface area (TPSA) is 103 Å². The Kier molecular flexibility index (Phi) is 9.82. The van der Waals surface area contributed by atoms with Crippen molar-refractivity contribution in [3.05, 3.63) is 44.4 Å². The van der Waals surface area contributed by atoms with E-state index in [1.54, 1.807) is 19.1 Å². The molecule has 0 fully saturated rings. The number of rotatable bonds is 6. The molecule has 0 radical (unpaired) electrons. The molecule has 26 heavy (non-hydrogen) atoms. The quantitative estimate of drug-likeness (QED) is 0.203. The second-order valence-corrected chi connectivity index (χ2v) is 7.30. The molecule has 0 spiro atoms. The van der Waals surface area contributed by atoms with E-state index in [1.807, 2.05) is 25.3 Å². The summed E-state index contributed by atoms with van der Waals surface area (Å²) in [6.07, 6.45) is 0. The van der Waals surface area contributed by atoms with Crippen molar-refractivity contribution in [3.8, 4) is 11.3 Å². The number of halogens is 2. The molecular formula is C16H20Cl2N4O2S2. The Hall–Kier alpha value is -1.45. The van der Waals surface area contributed by atoms with Gasteiger partial charge in [-0.15, -0.1) is 11.3 Å². The van der Waals surface area contributed by atoms with Crippen LogP contribution in [0.25, 0.3) is 11.3 Å². The van der Waals surface area contributed by atoms with Crippen LogP contribution in [0.2, 0.25) is 10.0 Å². The Bertz CT molecular complexity index is 781. The Labute approximate surface area is 170 Å². The Morgan fingerprint density at radius 2 is 2.04 bits per heavy atom. The van der Waals surface area contributed by atoms with Crippen LogP contribution < -0.4 is 17.0 Å². The van der Waals surface area contributed by atoms with E-state index in [9.17, 15) is 4.79 Å². The maximum Gasteiger partial charge on any atom is 0.358 e. The lowest BCUT2D eigenvalue weighted by Crippen LogP contribution is -2.30. The van der Waals surface area contributed by atoms with Crippen molar-refractivity contribution in [3.63, 3.8) is 0 Å². The van der Waals surface area contributed by atoms with Crippen LogP contribution in [0, 0.1) is 0 Å². The van der Waals surface area contributed by atoms with Crippen molar-refractivity contribution in [2.75, 3.05) is 6.61 Å². The molecule has 1 aromatic carbocycles. The maximum absolute atomic E-state index is 11.7. The lowest BCUT2D eigenvalue weighted by atomic mass is 10.2. The fraction of sp³-hybridized carbons (Fsp3) is 0.250. The van der Waals surface area contributed by atoms with E-state index in [1.165, 1.54) is 11.3 Å². The van der Waals surface area contributed by atoms with Gasteiger partial charge in [0.15, 0.2) is 10.0 Å². The molecule has 0 bridgehead atoms. The third-order valence-electron chi connectivity index (χ3n) is 2.77. The summed E-state index contributed by atoms with van der Waals surface area (Å²) < 4.78 is 5.52. The van der Waals surface area contributed by atoms with Crippen molar-refractivity contribution in [2.45, 2.75) is 25.1 Å². The monoisotopic (exact) mass is 434 g/mol. The standard InChI is InChI=1S/C14H14Cl2N4O2S2.C2H6/c1-2-22-13(21)11(20-18)12(17)24-14-19-10(6-23-14)7-3-4-8(15)9(16)5-7;1-2/h3-6,20H,2,17-18H2,1H3;1-2H3/b12-11+;. The summed E-state index contributed by atoms with van der Waals surface area (Å²) in [5, 5.41) is 2.96. The van der Waals surface area contributed by atoms with Gasteiger partial charge in [-0.3, -0.25) is 5.84 Å². The van der Waals surface area contributed by atoms with Gasteiger partial charge in [-0.1, -0.05) is 43.1 Å². The molecule has 1 aromatic heterocycles. The average molecular weight is 435 g/mol. The van der Waals surface area contributed by atoms with Gasteiger partial charge in [-0.2, -0.15) is 0 Å². The molecule has 1 heterocycles. The second-order valence-electron chi connectivity index (χ2n) is 4.33. The molecule has 2 rings (SSSR count). The SMILES string of the molecule is CC.CCOC(=O)/C(NN)=C(/N)Sc1nc(-c2ccc(Cl)c(Cl)c2)cs1. The molecule has 142 valence electrons. The number of ether oxygens (including phenoxy) is 1. The first kappa shape index (κ1) is 22.6. The number of thioether (sulfide) groups is 1. The Morgan fingerprint density at radius 1 is 1.35 bits per heavy atom.